The molecule has 1 saturated heterocycles. The van der Waals surface area contributed by atoms with Crippen LogP contribution in [-0.4, -0.2) is 71.2 Å². The molecule has 0 aromatic heterocycles. The predicted octanol–water partition coefficient (Wildman–Crippen LogP) is -0.518. The molecular formula is C13H19NO7S2. The Bertz CT molecular complexity index is 789. The van der Waals surface area contributed by atoms with Crippen molar-refractivity contribution >= 4 is 19.9 Å². The van der Waals surface area contributed by atoms with Gasteiger partial charge in [0.25, 0.3) is 0 Å². The van der Waals surface area contributed by atoms with Crippen molar-refractivity contribution in [2.75, 3.05) is 32.8 Å². The Morgan fingerprint density at radius 3 is 2.35 bits per heavy atom. The van der Waals surface area contributed by atoms with Crippen LogP contribution in [-0.2, 0) is 19.9 Å². The van der Waals surface area contributed by atoms with Gasteiger partial charge in [-0.1, -0.05) is 0 Å². The van der Waals surface area contributed by atoms with Crippen molar-refractivity contribution in [3.8, 4) is 11.5 Å². The monoisotopic (exact) mass is 365 g/mol. The molecule has 0 unspecified atom stereocenters. The van der Waals surface area contributed by atoms with Gasteiger partial charge in [0.1, 0.15) is 16.4 Å². The standard InChI is InChI=1S/C13H19NO7S2/c1-14(10-7-22(16,17)8-11(10)15)23(18,19)13-5-4-9(20-2)6-12(13)21-3/h4-6,10-11,15H,7-8H2,1-3H3/t10-,11-/m1/s1. The number of aliphatic hydroxyl groups excluding tert-OH is 1. The van der Waals surface area contributed by atoms with E-state index in [0.29, 0.717) is 5.75 Å². The van der Waals surface area contributed by atoms with E-state index in [0.717, 1.165) is 4.31 Å². The Morgan fingerprint density at radius 2 is 1.87 bits per heavy atom. The number of sulfone groups is 1. The van der Waals surface area contributed by atoms with E-state index in [1.807, 2.05) is 0 Å². The van der Waals surface area contributed by atoms with Gasteiger partial charge in [0.2, 0.25) is 10.0 Å². The second-order valence-electron chi connectivity index (χ2n) is 5.25. The van der Waals surface area contributed by atoms with E-state index < -0.39 is 43.5 Å². The number of nitrogens with zero attached hydrogens (tertiary/aromatic N) is 1. The summed E-state index contributed by atoms with van der Waals surface area (Å²) >= 11 is 0. The number of rotatable bonds is 5. The number of hydrogen-bond acceptors (Lipinski definition) is 7. The van der Waals surface area contributed by atoms with Crippen LogP contribution in [0.2, 0.25) is 0 Å². The summed E-state index contributed by atoms with van der Waals surface area (Å²) in [5.41, 5.74) is 0. The van der Waals surface area contributed by atoms with Gasteiger partial charge >= 0.3 is 0 Å². The zero-order valence-corrected chi connectivity index (χ0v) is 14.6. The summed E-state index contributed by atoms with van der Waals surface area (Å²) in [6.07, 6.45) is -1.26. The molecule has 10 heteroatoms. The molecule has 23 heavy (non-hydrogen) atoms. The lowest BCUT2D eigenvalue weighted by Crippen LogP contribution is -2.44. The van der Waals surface area contributed by atoms with Gasteiger partial charge in [-0.2, -0.15) is 4.31 Å². The van der Waals surface area contributed by atoms with Gasteiger partial charge < -0.3 is 14.6 Å². The highest BCUT2D eigenvalue weighted by Gasteiger charge is 2.43. The highest BCUT2D eigenvalue weighted by atomic mass is 32.2. The van der Waals surface area contributed by atoms with E-state index in [9.17, 15) is 21.9 Å². The van der Waals surface area contributed by atoms with Crippen LogP contribution in [0.15, 0.2) is 23.1 Å². The minimum Gasteiger partial charge on any atom is -0.497 e. The molecular weight excluding hydrogens is 346 g/mol. The average Bonchev–Trinajstić information content (AvgIpc) is 2.78. The number of hydrogen-bond donors (Lipinski definition) is 1. The molecule has 1 aliphatic heterocycles. The largest absolute Gasteiger partial charge is 0.497 e. The molecule has 2 atom stereocenters. The minimum atomic E-state index is -4.04. The predicted molar refractivity (Wildman–Crippen MR) is 82.9 cm³/mol. The summed E-state index contributed by atoms with van der Waals surface area (Å²) in [7, 11) is -3.51. The quantitative estimate of drug-likeness (QED) is 0.748. The summed E-state index contributed by atoms with van der Waals surface area (Å²) in [6, 6.07) is 3.17. The lowest BCUT2D eigenvalue weighted by molar-refractivity contribution is 0.137. The zero-order valence-electron chi connectivity index (χ0n) is 13.0. The molecule has 1 aromatic carbocycles. The van der Waals surface area contributed by atoms with Gasteiger partial charge in [-0.25, -0.2) is 16.8 Å². The third-order valence-corrected chi connectivity index (χ3v) is 7.41. The number of benzene rings is 1. The number of ether oxygens (including phenoxy) is 2. The molecule has 2 rings (SSSR count). The van der Waals surface area contributed by atoms with Crippen molar-refractivity contribution in [1.29, 1.82) is 0 Å². The molecule has 1 N–H and O–H groups in total. The van der Waals surface area contributed by atoms with Gasteiger partial charge in [0.15, 0.2) is 9.84 Å². The van der Waals surface area contributed by atoms with E-state index in [2.05, 4.69) is 0 Å². The second-order valence-corrected chi connectivity index (χ2v) is 9.37. The lowest BCUT2D eigenvalue weighted by atomic mass is 10.2. The molecule has 0 spiro atoms. The fourth-order valence-electron chi connectivity index (χ4n) is 2.48. The van der Waals surface area contributed by atoms with E-state index in [1.54, 1.807) is 0 Å². The van der Waals surface area contributed by atoms with Crippen LogP contribution in [0.4, 0.5) is 0 Å². The third-order valence-electron chi connectivity index (χ3n) is 3.79. The smallest absolute Gasteiger partial charge is 0.246 e. The summed E-state index contributed by atoms with van der Waals surface area (Å²) < 4.78 is 59.7. The first kappa shape index (κ1) is 18.0. The maximum absolute atomic E-state index is 12.8. The first-order valence-electron chi connectivity index (χ1n) is 6.71. The highest BCUT2D eigenvalue weighted by molar-refractivity contribution is 7.92. The Balaban J connectivity index is 2.42. The van der Waals surface area contributed by atoms with Gasteiger partial charge in [0, 0.05) is 13.1 Å². The van der Waals surface area contributed by atoms with E-state index in [1.165, 1.54) is 39.5 Å². The molecule has 1 fully saturated rings. The third kappa shape index (κ3) is 3.44. The van der Waals surface area contributed by atoms with Gasteiger partial charge in [0.05, 0.1) is 37.9 Å². The molecule has 0 bridgehead atoms. The SMILES string of the molecule is COc1ccc(S(=O)(=O)N(C)[C@@H]2CS(=O)(=O)C[C@H]2O)c(OC)c1. The van der Waals surface area contributed by atoms with Crippen LogP contribution >= 0.6 is 0 Å². The van der Waals surface area contributed by atoms with Crippen LogP contribution in [0.3, 0.4) is 0 Å². The molecule has 0 radical (unpaired) electrons. The summed E-state index contributed by atoms with van der Waals surface area (Å²) in [5, 5.41) is 9.88. The van der Waals surface area contributed by atoms with E-state index >= 15 is 0 Å². The second kappa shape index (κ2) is 6.27. The Morgan fingerprint density at radius 1 is 1.22 bits per heavy atom. The number of sulfonamides is 1. The summed E-state index contributed by atoms with van der Waals surface area (Å²) in [6.45, 7) is 0. The number of likely N-dealkylation sites (N-methyl/N-ethyl adjacent to an activating group) is 1. The summed E-state index contributed by atoms with van der Waals surface area (Å²) in [5.74, 6) is -0.363. The summed E-state index contributed by atoms with van der Waals surface area (Å²) in [4.78, 5) is -0.125. The van der Waals surface area contributed by atoms with Gasteiger partial charge in [-0.05, 0) is 12.1 Å². The Labute approximate surface area is 135 Å². The normalized spacial score (nSPS) is 23.9. The molecule has 130 valence electrons. The Hall–Kier alpha value is -1.36. The van der Waals surface area contributed by atoms with Gasteiger partial charge in [-0.15, -0.1) is 0 Å². The maximum Gasteiger partial charge on any atom is 0.246 e. The van der Waals surface area contributed by atoms with E-state index in [-0.39, 0.29) is 10.6 Å². The van der Waals surface area contributed by atoms with Crippen molar-refractivity contribution in [3.05, 3.63) is 18.2 Å². The first-order chi connectivity index (χ1) is 10.6. The minimum absolute atomic E-state index is 0.0755. The Kier molecular flexibility index (Phi) is 4.90. The first-order valence-corrected chi connectivity index (χ1v) is 9.97. The van der Waals surface area contributed by atoms with Crippen molar-refractivity contribution in [1.82, 2.24) is 4.31 Å². The van der Waals surface area contributed by atoms with Crippen LogP contribution in [0.25, 0.3) is 0 Å². The fourth-order valence-corrected chi connectivity index (χ4v) is 5.94. The molecule has 8 nitrogen and oxygen atoms in total. The van der Waals surface area contributed by atoms with Crippen molar-refractivity contribution in [3.63, 3.8) is 0 Å². The molecule has 0 amide bonds. The molecule has 1 aliphatic rings. The van der Waals surface area contributed by atoms with E-state index in [4.69, 9.17) is 9.47 Å². The van der Waals surface area contributed by atoms with Crippen molar-refractivity contribution in [2.45, 2.75) is 17.0 Å². The maximum atomic E-state index is 12.8. The molecule has 0 saturated carbocycles. The van der Waals surface area contributed by atoms with Crippen molar-refractivity contribution < 1.29 is 31.4 Å². The molecule has 1 aromatic rings. The zero-order chi connectivity index (χ0) is 17.4. The highest BCUT2D eigenvalue weighted by Crippen LogP contribution is 2.32. The number of methoxy groups -OCH3 is 2. The van der Waals surface area contributed by atoms with Crippen LogP contribution in [0.5, 0.6) is 11.5 Å². The van der Waals surface area contributed by atoms with Crippen LogP contribution in [0, 0.1) is 0 Å². The van der Waals surface area contributed by atoms with Gasteiger partial charge in [-0.3, -0.25) is 0 Å². The lowest BCUT2D eigenvalue weighted by Gasteiger charge is -2.26. The molecule has 0 aliphatic carbocycles. The topological polar surface area (TPSA) is 110 Å². The van der Waals surface area contributed by atoms with Crippen LogP contribution < -0.4 is 9.47 Å². The average molecular weight is 365 g/mol. The molecule has 1 heterocycles. The van der Waals surface area contributed by atoms with Crippen LogP contribution in [0.1, 0.15) is 0 Å². The van der Waals surface area contributed by atoms with Crippen molar-refractivity contribution in [2.24, 2.45) is 0 Å². The fraction of sp³-hybridized carbons (Fsp3) is 0.538. The number of aliphatic hydroxyl groups is 1.